The minimum Gasteiger partial charge on any atom is -0.313 e. The Labute approximate surface area is 96.4 Å². The second kappa shape index (κ2) is 9.17. The first-order valence-electron chi connectivity index (χ1n) is 6.63. The second-order valence-electron chi connectivity index (χ2n) is 4.66. The molecule has 92 valence electrons. The maximum Gasteiger partial charge on any atom is 0.0218 e. The summed E-state index contributed by atoms with van der Waals surface area (Å²) in [7, 11) is 0. The summed E-state index contributed by atoms with van der Waals surface area (Å²) in [5.41, 5.74) is 0. The van der Waals surface area contributed by atoms with Crippen LogP contribution in [-0.2, 0) is 0 Å². The number of hydrogen-bond donors (Lipinski definition) is 1. The first kappa shape index (κ1) is 14.9. The topological polar surface area (TPSA) is 15.3 Å². The fourth-order valence-corrected chi connectivity index (χ4v) is 1.95. The summed E-state index contributed by atoms with van der Waals surface area (Å²) < 4.78 is 0. The summed E-state index contributed by atoms with van der Waals surface area (Å²) in [6.45, 7) is 14.9. The van der Waals surface area contributed by atoms with Gasteiger partial charge in [-0.1, -0.05) is 34.6 Å². The van der Waals surface area contributed by atoms with Crippen LogP contribution in [0.5, 0.6) is 0 Å². The van der Waals surface area contributed by atoms with Crippen LogP contribution in [0.4, 0.5) is 0 Å². The Bertz CT molecular complexity index is 128. The molecule has 2 heteroatoms. The van der Waals surface area contributed by atoms with Gasteiger partial charge >= 0.3 is 0 Å². The molecule has 0 rings (SSSR count). The molecule has 0 amide bonds. The van der Waals surface area contributed by atoms with Crippen molar-refractivity contribution in [1.82, 2.24) is 10.2 Å². The monoisotopic (exact) mass is 214 g/mol. The largest absolute Gasteiger partial charge is 0.313 e. The third-order valence-corrected chi connectivity index (χ3v) is 2.77. The molecule has 0 radical (unpaired) electrons. The SMILES string of the molecule is CCCN(CCC)C(CC)CNC(C)C. The molecule has 0 aliphatic carbocycles. The average molecular weight is 214 g/mol. The molecule has 15 heavy (non-hydrogen) atoms. The van der Waals surface area contributed by atoms with Gasteiger partial charge in [-0.3, -0.25) is 4.90 Å². The van der Waals surface area contributed by atoms with Gasteiger partial charge in [0.1, 0.15) is 0 Å². The highest BCUT2D eigenvalue weighted by molar-refractivity contribution is 4.73. The van der Waals surface area contributed by atoms with Gasteiger partial charge in [-0.25, -0.2) is 0 Å². The Hall–Kier alpha value is -0.0800. The zero-order chi connectivity index (χ0) is 11.7. The summed E-state index contributed by atoms with van der Waals surface area (Å²) >= 11 is 0. The zero-order valence-corrected chi connectivity index (χ0v) is 11.3. The van der Waals surface area contributed by atoms with Crippen LogP contribution in [0.3, 0.4) is 0 Å². The highest BCUT2D eigenvalue weighted by Gasteiger charge is 2.14. The smallest absolute Gasteiger partial charge is 0.0218 e. The molecule has 0 saturated heterocycles. The van der Waals surface area contributed by atoms with Crippen LogP contribution in [0.25, 0.3) is 0 Å². The molecule has 1 N–H and O–H groups in total. The molecule has 0 saturated carbocycles. The van der Waals surface area contributed by atoms with Gasteiger partial charge in [0, 0.05) is 18.6 Å². The standard InChI is InChI=1S/C13H30N2/c1-6-9-15(10-7-2)13(8-3)11-14-12(4)5/h12-14H,6-11H2,1-5H3. The normalized spacial score (nSPS) is 13.8. The van der Waals surface area contributed by atoms with E-state index in [2.05, 4.69) is 44.8 Å². The van der Waals surface area contributed by atoms with Crippen molar-refractivity contribution in [3.8, 4) is 0 Å². The fourth-order valence-electron chi connectivity index (χ4n) is 1.95. The van der Waals surface area contributed by atoms with E-state index in [0.29, 0.717) is 12.1 Å². The van der Waals surface area contributed by atoms with Gasteiger partial charge < -0.3 is 5.32 Å². The van der Waals surface area contributed by atoms with Crippen molar-refractivity contribution < 1.29 is 0 Å². The van der Waals surface area contributed by atoms with Crippen LogP contribution in [0.15, 0.2) is 0 Å². The van der Waals surface area contributed by atoms with E-state index in [1.807, 2.05) is 0 Å². The predicted molar refractivity (Wildman–Crippen MR) is 69.4 cm³/mol. The summed E-state index contributed by atoms with van der Waals surface area (Å²) in [6, 6.07) is 1.32. The van der Waals surface area contributed by atoms with E-state index in [9.17, 15) is 0 Å². The van der Waals surface area contributed by atoms with Crippen molar-refractivity contribution in [2.75, 3.05) is 19.6 Å². The van der Waals surface area contributed by atoms with Crippen molar-refractivity contribution in [2.24, 2.45) is 0 Å². The predicted octanol–water partition coefficient (Wildman–Crippen LogP) is 2.89. The van der Waals surface area contributed by atoms with E-state index in [4.69, 9.17) is 0 Å². The van der Waals surface area contributed by atoms with Crippen molar-refractivity contribution in [3.05, 3.63) is 0 Å². The summed E-state index contributed by atoms with van der Waals surface area (Å²) in [5, 5.41) is 3.55. The first-order chi connectivity index (χ1) is 7.15. The van der Waals surface area contributed by atoms with Crippen LogP contribution >= 0.6 is 0 Å². The molecule has 1 atom stereocenters. The van der Waals surface area contributed by atoms with E-state index in [0.717, 1.165) is 6.54 Å². The Kier molecular flexibility index (Phi) is 9.12. The molecular formula is C13H30N2. The Balaban J connectivity index is 4.05. The van der Waals surface area contributed by atoms with Crippen LogP contribution in [0.2, 0.25) is 0 Å². The van der Waals surface area contributed by atoms with Crippen LogP contribution in [0, 0.1) is 0 Å². The lowest BCUT2D eigenvalue weighted by Gasteiger charge is -2.31. The highest BCUT2D eigenvalue weighted by Crippen LogP contribution is 2.06. The minimum absolute atomic E-state index is 0.601. The van der Waals surface area contributed by atoms with E-state index in [1.165, 1.54) is 32.4 Å². The molecule has 1 unspecified atom stereocenters. The molecule has 0 aromatic carbocycles. The number of rotatable bonds is 9. The Morgan fingerprint density at radius 2 is 1.53 bits per heavy atom. The van der Waals surface area contributed by atoms with Gasteiger partial charge in [0.05, 0.1) is 0 Å². The number of hydrogen-bond acceptors (Lipinski definition) is 2. The van der Waals surface area contributed by atoms with Gasteiger partial charge in [0.15, 0.2) is 0 Å². The van der Waals surface area contributed by atoms with Crippen LogP contribution < -0.4 is 5.32 Å². The third-order valence-electron chi connectivity index (χ3n) is 2.77. The van der Waals surface area contributed by atoms with Crippen molar-refractivity contribution in [3.63, 3.8) is 0 Å². The van der Waals surface area contributed by atoms with Crippen molar-refractivity contribution in [2.45, 2.75) is 66.0 Å². The van der Waals surface area contributed by atoms with Gasteiger partial charge in [-0.2, -0.15) is 0 Å². The first-order valence-corrected chi connectivity index (χ1v) is 6.63. The van der Waals surface area contributed by atoms with E-state index < -0.39 is 0 Å². The zero-order valence-electron chi connectivity index (χ0n) is 11.3. The van der Waals surface area contributed by atoms with Gasteiger partial charge in [0.25, 0.3) is 0 Å². The lowest BCUT2D eigenvalue weighted by Crippen LogP contribution is -2.44. The molecule has 0 spiro atoms. The molecule has 0 aromatic heterocycles. The molecular weight excluding hydrogens is 184 g/mol. The van der Waals surface area contributed by atoms with E-state index >= 15 is 0 Å². The minimum atomic E-state index is 0.601. The summed E-state index contributed by atoms with van der Waals surface area (Å²) in [6.07, 6.45) is 3.77. The van der Waals surface area contributed by atoms with Gasteiger partial charge in [0.2, 0.25) is 0 Å². The lowest BCUT2D eigenvalue weighted by molar-refractivity contribution is 0.184. The Morgan fingerprint density at radius 1 is 1.00 bits per heavy atom. The number of nitrogens with one attached hydrogen (secondary N) is 1. The number of nitrogens with zero attached hydrogens (tertiary/aromatic N) is 1. The molecule has 0 bridgehead atoms. The third kappa shape index (κ3) is 6.91. The van der Waals surface area contributed by atoms with Gasteiger partial charge in [-0.15, -0.1) is 0 Å². The molecule has 2 nitrogen and oxygen atoms in total. The average Bonchev–Trinajstić information content (AvgIpc) is 2.19. The van der Waals surface area contributed by atoms with Crippen molar-refractivity contribution in [1.29, 1.82) is 0 Å². The molecule has 0 aromatic rings. The molecule has 0 fully saturated rings. The van der Waals surface area contributed by atoms with Crippen LogP contribution in [0.1, 0.15) is 53.9 Å². The quantitative estimate of drug-likeness (QED) is 0.635. The molecule has 0 aliphatic rings. The van der Waals surface area contributed by atoms with Crippen molar-refractivity contribution >= 4 is 0 Å². The fraction of sp³-hybridized carbons (Fsp3) is 1.00. The van der Waals surface area contributed by atoms with E-state index in [-0.39, 0.29) is 0 Å². The second-order valence-corrected chi connectivity index (χ2v) is 4.66. The van der Waals surface area contributed by atoms with Crippen LogP contribution in [-0.4, -0.2) is 36.6 Å². The van der Waals surface area contributed by atoms with Gasteiger partial charge in [-0.05, 0) is 32.4 Å². The molecule has 0 aliphatic heterocycles. The highest BCUT2D eigenvalue weighted by atomic mass is 15.2. The maximum absolute atomic E-state index is 3.55. The van der Waals surface area contributed by atoms with E-state index in [1.54, 1.807) is 0 Å². The molecule has 0 heterocycles. The Morgan fingerprint density at radius 3 is 1.87 bits per heavy atom. The summed E-state index contributed by atoms with van der Waals surface area (Å²) in [4.78, 5) is 2.63. The maximum atomic E-state index is 3.55. The lowest BCUT2D eigenvalue weighted by atomic mass is 10.1. The summed E-state index contributed by atoms with van der Waals surface area (Å²) in [5.74, 6) is 0.